The minimum atomic E-state index is -0.801. The molecule has 16 heavy (non-hydrogen) atoms. The number of hydrogen-bond acceptors (Lipinski definition) is 1. The molecule has 0 aromatic carbocycles. The largest absolute Gasteiger partial charge is 0.377 e. The molecule has 0 unspecified atom stereocenters. The van der Waals surface area contributed by atoms with E-state index in [1.54, 1.807) is 0 Å². The van der Waals surface area contributed by atoms with Crippen LogP contribution in [-0.4, -0.2) is 10.7 Å². The molecule has 1 aliphatic carbocycles. The van der Waals surface area contributed by atoms with Gasteiger partial charge in [0.1, 0.15) is 5.60 Å². The van der Waals surface area contributed by atoms with E-state index >= 15 is 0 Å². The zero-order valence-electron chi connectivity index (χ0n) is 11.0. The van der Waals surface area contributed by atoms with Gasteiger partial charge in [0.25, 0.3) is 0 Å². The van der Waals surface area contributed by atoms with Gasteiger partial charge in [-0.1, -0.05) is 45.6 Å². The van der Waals surface area contributed by atoms with Crippen LogP contribution in [0.25, 0.3) is 0 Å². The van der Waals surface area contributed by atoms with Crippen molar-refractivity contribution in [3.63, 3.8) is 0 Å². The Morgan fingerprint density at radius 3 is 2.56 bits per heavy atom. The topological polar surface area (TPSA) is 20.2 Å². The van der Waals surface area contributed by atoms with Crippen LogP contribution in [0, 0.1) is 29.6 Å². The third kappa shape index (κ3) is 3.12. The van der Waals surface area contributed by atoms with Gasteiger partial charge < -0.3 is 5.11 Å². The second-order valence-corrected chi connectivity index (χ2v) is 5.69. The summed E-state index contributed by atoms with van der Waals surface area (Å²) in [5.41, 5.74) is 0.0271. The molecule has 0 bridgehead atoms. The Balaban J connectivity index is 2.94. The van der Waals surface area contributed by atoms with Crippen LogP contribution in [0.5, 0.6) is 0 Å². The smallest absolute Gasteiger partial charge is 0.129 e. The lowest BCUT2D eigenvalue weighted by Gasteiger charge is -2.41. The van der Waals surface area contributed by atoms with Crippen molar-refractivity contribution in [2.24, 2.45) is 17.8 Å². The van der Waals surface area contributed by atoms with Gasteiger partial charge in [0, 0.05) is 5.92 Å². The van der Waals surface area contributed by atoms with Gasteiger partial charge in [-0.05, 0) is 37.2 Å². The van der Waals surface area contributed by atoms with E-state index in [4.69, 9.17) is 0 Å². The van der Waals surface area contributed by atoms with E-state index in [0.717, 1.165) is 18.4 Å². The zero-order valence-corrected chi connectivity index (χ0v) is 11.0. The van der Waals surface area contributed by atoms with Gasteiger partial charge in [-0.15, -0.1) is 0 Å². The van der Waals surface area contributed by atoms with Crippen LogP contribution < -0.4 is 0 Å². The molecule has 1 fully saturated rings. The standard InChI is InChI=1S/C15H24O/c1-11(2)8-9-15(16)10-13(5)6-7-14(15)12(3)4/h12-14,16H,1,6-7,10H2,2-5H3/t13-,14+,15+/m1/s1. The first-order chi connectivity index (χ1) is 7.35. The second kappa shape index (κ2) is 5.06. The van der Waals surface area contributed by atoms with Crippen molar-refractivity contribution in [2.45, 2.75) is 52.6 Å². The summed E-state index contributed by atoms with van der Waals surface area (Å²) in [6.45, 7) is 12.2. The molecular weight excluding hydrogens is 196 g/mol. The Morgan fingerprint density at radius 1 is 1.44 bits per heavy atom. The molecule has 0 aliphatic heterocycles. The Hall–Kier alpha value is -0.740. The first-order valence-electron chi connectivity index (χ1n) is 6.26. The number of hydrogen-bond donors (Lipinski definition) is 1. The molecule has 0 radical (unpaired) electrons. The maximum Gasteiger partial charge on any atom is 0.129 e. The molecule has 0 amide bonds. The highest BCUT2D eigenvalue weighted by atomic mass is 16.3. The van der Waals surface area contributed by atoms with E-state index < -0.39 is 5.60 Å². The molecule has 0 spiro atoms. The third-order valence-electron chi connectivity index (χ3n) is 3.54. The minimum Gasteiger partial charge on any atom is -0.377 e. The van der Waals surface area contributed by atoms with Gasteiger partial charge in [0.15, 0.2) is 0 Å². The summed E-state index contributed by atoms with van der Waals surface area (Å²) in [6, 6.07) is 0. The van der Waals surface area contributed by atoms with E-state index in [2.05, 4.69) is 39.2 Å². The van der Waals surface area contributed by atoms with Gasteiger partial charge in [-0.25, -0.2) is 0 Å². The molecular formula is C15H24O. The van der Waals surface area contributed by atoms with Crippen molar-refractivity contribution in [1.29, 1.82) is 0 Å². The Kier molecular flexibility index (Phi) is 4.21. The molecule has 1 rings (SSSR count). The zero-order chi connectivity index (χ0) is 12.3. The van der Waals surface area contributed by atoms with E-state index in [-0.39, 0.29) is 0 Å². The SMILES string of the molecule is C=C(C)C#C[C@]1(O)C[C@H](C)CC[C@H]1C(C)C. The molecule has 0 aromatic heterocycles. The highest BCUT2D eigenvalue weighted by Gasteiger charge is 2.41. The fourth-order valence-electron chi connectivity index (χ4n) is 2.73. The summed E-state index contributed by atoms with van der Waals surface area (Å²) in [5, 5.41) is 10.7. The van der Waals surface area contributed by atoms with Crippen LogP contribution in [-0.2, 0) is 0 Å². The number of aliphatic hydroxyl groups is 1. The Morgan fingerprint density at radius 2 is 2.06 bits per heavy atom. The average molecular weight is 220 g/mol. The first-order valence-corrected chi connectivity index (χ1v) is 6.26. The molecule has 1 nitrogen and oxygen atoms in total. The summed E-state index contributed by atoms with van der Waals surface area (Å²) in [6.07, 6.45) is 3.09. The second-order valence-electron chi connectivity index (χ2n) is 5.69. The van der Waals surface area contributed by atoms with Crippen LogP contribution in [0.4, 0.5) is 0 Å². The van der Waals surface area contributed by atoms with Crippen molar-refractivity contribution in [3.8, 4) is 11.8 Å². The molecule has 90 valence electrons. The van der Waals surface area contributed by atoms with E-state index in [1.807, 2.05) is 6.92 Å². The highest BCUT2D eigenvalue weighted by Crippen LogP contribution is 2.40. The van der Waals surface area contributed by atoms with Gasteiger partial charge in [-0.3, -0.25) is 0 Å². The minimum absolute atomic E-state index is 0.301. The van der Waals surface area contributed by atoms with Crippen LogP contribution in [0.3, 0.4) is 0 Å². The molecule has 0 heterocycles. The third-order valence-corrected chi connectivity index (χ3v) is 3.54. The van der Waals surface area contributed by atoms with E-state index in [0.29, 0.717) is 17.8 Å². The quantitative estimate of drug-likeness (QED) is 0.672. The van der Waals surface area contributed by atoms with Crippen LogP contribution in [0.15, 0.2) is 12.2 Å². The lowest BCUT2D eigenvalue weighted by molar-refractivity contribution is -0.0326. The van der Waals surface area contributed by atoms with Gasteiger partial charge >= 0.3 is 0 Å². The molecule has 0 saturated heterocycles. The molecule has 1 aliphatic rings. The summed E-state index contributed by atoms with van der Waals surface area (Å²) < 4.78 is 0. The molecule has 1 heteroatoms. The van der Waals surface area contributed by atoms with Crippen LogP contribution in [0.2, 0.25) is 0 Å². The van der Waals surface area contributed by atoms with Crippen molar-refractivity contribution >= 4 is 0 Å². The summed E-state index contributed by atoms with van der Waals surface area (Å²) >= 11 is 0. The molecule has 1 saturated carbocycles. The Bertz CT molecular complexity index is 318. The predicted molar refractivity (Wildman–Crippen MR) is 68.9 cm³/mol. The summed E-state index contributed by atoms with van der Waals surface area (Å²) in [4.78, 5) is 0. The molecule has 1 N–H and O–H groups in total. The normalized spacial score (nSPS) is 34.4. The van der Waals surface area contributed by atoms with Crippen molar-refractivity contribution in [3.05, 3.63) is 12.2 Å². The number of rotatable bonds is 1. The van der Waals surface area contributed by atoms with E-state index in [9.17, 15) is 5.11 Å². The maximum absolute atomic E-state index is 10.7. The molecule has 0 aromatic rings. The number of allylic oxidation sites excluding steroid dienone is 1. The fourth-order valence-corrected chi connectivity index (χ4v) is 2.73. The average Bonchev–Trinajstić information content (AvgIpc) is 2.14. The lowest BCUT2D eigenvalue weighted by atomic mass is 9.67. The monoisotopic (exact) mass is 220 g/mol. The van der Waals surface area contributed by atoms with Crippen molar-refractivity contribution in [2.75, 3.05) is 0 Å². The fraction of sp³-hybridized carbons (Fsp3) is 0.733. The lowest BCUT2D eigenvalue weighted by Crippen LogP contribution is -2.44. The summed E-state index contributed by atoms with van der Waals surface area (Å²) in [5.74, 6) is 7.39. The van der Waals surface area contributed by atoms with Gasteiger partial charge in [0.2, 0.25) is 0 Å². The van der Waals surface area contributed by atoms with Crippen LogP contribution in [0.1, 0.15) is 47.0 Å². The van der Waals surface area contributed by atoms with Crippen LogP contribution >= 0.6 is 0 Å². The van der Waals surface area contributed by atoms with E-state index in [1.165, 1.54) is 6.42 Å². The Labute approximate surface area is 99.9 Å². The van der Waals surface area contributed by atoms with Crippen molar-refractivity contribution < 1.29 is 5.11 Å². The van der Waals surface area contributed by atoms with Gasteiger partial charge in [0.05, 0.1) is 0 Å². The highest BCUT2D eigenvalue weighted by molar-refractivity contribution is 5.29. The maximum atomic E-state index is 10.7. The predicted octanol–water partition coefficient (Wildman–Crippen LogP) is 3.39. The molecule has 3 atom stereocenters. The first kappa shape index (κ1) is 13.3. The van der Waals surface area contributed by atoms with Crippen molar-refractivity contribution in [1.82, 2.24) is 0 Å². The van der Waals surface area contributed by atoms with Gasteiger partial charge in [-0.2, -0.15) is 0 Å². The summed E-state index contributed by atoms with van der Waals surface area (Å²) in [7, 11) is 0.